The Morgan fingerprint density at radius 3 is 2.63 bits per heavy atom. The Kier molecular flexibility index (Phi) is 5.08. The Bertz CT molecular complexity index is 593. The number of aliphatic hydroxyl groups is 2. The molecule has 4 aliphatic carbocycles. The minimum atomic E-state index is -0.443. The zero-order chi connectivity index (χ0) is 19.4. The molecule has 2 nitrogen and oxygen atoms in total. The second kappa shape index (κ2) is 6.87. The van der Waals surface area contributed by atoms with Gasteiger partial charge in [0.25, 0.3) is 0 Å². The molecule has 27 heavy (non-hydrogen) atoms. The number of hydrogen-bond acceptors (Lipinski definition) is 2. The molecule has 2 heteroatoms. The molecule has 5 unspecified atom stereocenters. The highest BCUT2D eigenvalue weighted by Gasteiger charge is 2.58. The fourth-order valence-corrected chi connectivity index (χ4v) is 8.29. The number of hydrogen-bond donors (Lipinski definition) is 2. The molecule has 3 fully saturated rings. The van der Waals surface area contributed by atoms with Crippen LogP contribution in [-0.2, 0) is 0 Å². The summed E-state index contributed by atoms with van der Waals surface area (Å²) >= 11 is 0. The zero-order valence-electron chi connectivity index (χ0n) is 18.1. The van der Waals surface area contributed by atoms with Crippen molar-refractivity contribution in [3.63, 3.8) is 0 Å². The molecular formula is C25H42O2. The van der Waals surface area contributed by atoms with E-state index in [0.717, 1.165) is 42.9 Å². The molecule has 8 atom stereocenters. The van der Waals surface area contributed by atoms with Gasteiger partial charge in [0.05, 0.1) is 5.60 Å². The predicted molar refractivity (Wildman–Crippen MR) is 111 cm³/mol. The van der Waals surface area contributed by atoms with Crippen molar-refractivity contribution in [3.8, 4) is 0 Å². The minimum Gasteiger partial charge on any atom is -0.396 e. The lowest BCUT2D eigenvalue weighted by Gasteiger charge is -2.58. The highest BCUT2D eigenvalue weighted by Crippen LogP contribution is 2.67. The summed E-state index contributed by atoms with van der Waals surface area (Å²) in [7, 11) is 0. The van der Waals surface area contributed by atoms with Gasteiger partial charge in [0, 0.05) is 6.61 Å². The average molecular weight is 375 g/mol. The summed E-state index contributed by atoms with van der Waals surface area (Å²) in [5.74, 6) is 3.89. The van der Waals surface area contributed by atoms with E-state index in [0.29, 0.717) is 23.4 Å². The smallest absolute Gasteiger partial charge is 0.0623 e. The molecule has 3 saturated carbocycles. The van der Waals surface area contributed by atoms with E-state index in [1.165, 1.54) is 44.9 Å². The summed E-state index contributed by atoms with van der Waals surface area (Å²) in [4.78, 5) is 0. The lowest BCUT2D eigenvalue weighted by Crippen LogP contribution is -2.50. The Hall–Kier alpha value is -0.340. The summed E-state index contributed by atoms with van der Waals surface area (Å²) in [5, 5.41) is 19.9. The third kappa shape index (κ3) is 3.14. The summed E-state index contributed by atoms with van der Waals surface area (Å²) < 4.78 is 0. The molecule has 0 aliphatic heterocycles. The standard InChI is InChI=1S/C25H42O2/c1-17(6-5-15-26)20-9-10-21-19-8-7-18-16-23(2,27)13-14-24(18,3)22(19)11-12-25(20,21)4/h11,17-21,26-27H,5-10,12-16H2,1-4H3/t17-,18+,19?,20?,21?,23+,24?,25?/m1/s1. The van der Waals surface area contributed by atoms with Gasteiger partial charge in [-0.2, -0.15) is 0 Å². The van der Waals surface area contributed by atoms with Crippen molar-refractivity contribution in [2.45, 2.75) is 97.5 Å². The van der Waals surface area contributed by atoms with E-state index >= 15 is 0 Å². The first-order valence-electron chi connectivity index (χ1n) is 11.7. The van der Waals surface area contributed by atoms with E-state index in [1.54, 1.807) is 5.57 Å². The van der Waals surface area contributed by atoms with Crippen LogP contribution in [0.25, 0.3) is 0 Å². The van der Waals surface area contributed by atoms with Crippen molar-refractivity contribution in [1.29, 1.82) is 0 Å². The maximum absolute atomic E-state index is 10.6. The van der Waals surface area contributed by atoms with Crippen LogP contribution in [-0.4, -0.2) is 22.4 Å². The molecule has 0 saturated heterocycles. The first-order chi connectivity index (χ1) is 12.7. The molecule has 0 spiro atoms. The molecule has 0 bridgehead atoms. The molecule has 0 heterocycles. The van der Waals surface area contributed by atoms with E-state index in [9.17, 15) is 10.2 Å². The molecular weight excluding hydrogens is 332 g/mol. The largest absolute Gasteiger partial charge is 0.396 e. The highest BCUT2D eigenvalue weighted by molar-refractivity contribution is 5.29. The van der Waals surface area contributed by atoms with Crippen LogP contribution in [0.2, 0.25) is 0 Å². The molecule has 0 aromatic rings. The van der Waals surface area contributed by atoms with E-state index in [1.807, 2.05) is 0 Å². The SMILES string of the molecule is C[C@H](CCCO)C1CCC2C3CC[C@H]4C[C@@](C)(O)CCC4(C)C3=CCC21C. The normalized spacial score (nSPS) is 50.4. The van der Waals surface area contributed by atoms with Gasteiger partial charge in [-0.3, -0.25) is 0 Å². The van der Waals surface area contributed by atoms with Crippen molar-refractivity contribution >= 4 is 0 Å². The summed E-state index contributed by atoms with van der Waals surface area (Å²) in [6.07, 6.45) is 14.7. The Morgan fingerprint density at radius 2 is 1.89 bits per heavy atom. The summed E-state index contributed by atoms with van der Waals surface area (Å²) in [6.45, 7) is 9.96. The fraction of sp³-hybridized carbons (Fsp3) is 0.920. The van der Waals surface area contributed by atoms with E-state index in [-0.39, 0.29) is 0 Å². The third-order valence-corrected chi connectivity index (χ3v) is 9.89. The Morgan fingerprint density at radius 1 is 1.11 bits per heavy atom. The van der Waals surface area contributed by atoms with Crippen LogP contribution in [0.1, 0.15) is 91.9 Å². The first kappa shape index (κ1) is 20.0. The third-order valence-electron chi connectivity index (χ3n) is 9.89. The number of aliphatic hydroxyl groups excluding tert-OH is 1. The van der Waals surface area contributed by atoms with E-state index < -0.39 is 5.60 Å². The van der Waals surface area contributed by atoms with Crippen LogP contribution in [0.4, 0.5) is 0 Å². The van der Waals surface area contributed by atoms with E-state index in [2.05, 4.69) is 33.8 Å². The average Bonchev–Trinajstić information content (AvgIpc) is 2.97. The van der Waals surface area contributed by atoms with Crippen LogP contribution in [0, 0.1) is 40.4 Å². The number of allylic oxidation sites excluding steroid dienone is 2. The van der Waals surface area contributed by atoms with Gasteiger partial charge in [-0.25, -0.2) is 0 Å². The Labute approximate surface area is 166 Å². The van der Waals surface area contributed by atoms with Crippen LogP contribution >= 0.6 is 0 Å². The van der Waals surface area contributed by atoms with Crippen molar-refractivity contribution in [1.82, 2.24) is 0 Å². The van der Waals surface area contributed by atoms with Gasteiger partial charge in [0.15, 0.2) is 0 Å². The van der Waals surface area contributed by atoms with Crippen LogP contribution in [0.3, 0.4) is 0 Å². The maximum atomic E-state index is 10.6. The lowest BCUT2D eigenvalue weighted by atomic mass is 9.47. The zero-order valence-corrected chi connectivity index (χ0v) is 18.1. The molecule has 4 rings (SSSR count). The summed E-state index contributed by atoms with van der Waals surface area (Å²) in [5.41, 5.74) is 2.15. The van der Waals surface area contributed by atoms with Gasteiger partial charge >= 0.3 is 0 Å². The van der Waals surface area contributed by atoms with Gasteiger partial charge in [-0.1, -0.05) is 32.4 Å². The van der Waals surface area contributed by atoms with Gasteiger partial charge in [0.2, 0.25) is 0 Å². The highest BCUT2D eigenvalue weighted by atomic mass is 16.3. The molecule has 2 N–H and O–H groups in total. The Balaban J connectivity index is 1.58. The number of rotatable bonds is 4. The topological polar surface area (TPSA) is 40.5 Å². The summed E-state index contributed by atoms with van der Waals surface area (Å²) in [6, 6.07) is 0. The van der Waals surface area contributed by atoms with Gasteiger partial charge in [-0.05, 0) is 112 Å². The van der Waals surface area contributed by atoms with E-state index in [4.69, 9.17) is 0 Å². The second-order valence-corrected chi connectivity index (χ2v) is 11.5. The fourth-order valence-electron chi connectivity index (χ4n) is 8.29. The van der Waals surface area contributed by atoms with Gasteiger partial charge in [-0.15, -0.1) is 0 Å². The van der Waals surface area contributed by atoms with Crippen molar-refractivity contribution in [2.24, 2.45) is 40.4 Å². The van der Waals surface area contributed by atoms with Crippen molar-refractivity contribution in [3.05, 3.63) is 11.6 Å². The molecule has 0 aromatic carbocycles. The molecule has 154 valence electrons. The molecule has 0 radical (unpaired) electrons. The quantitative estimate of drug-likeness (QED) is 0.617. The molecule has 4 aliphatic rings. The van der Waals surface area contributed by atoms with Gasteiger partial charge in [0.1, 0.15) is 0 Å². The predicted octanol–water partition coefficient (Wildman–Crippen LogP) is 5.73. The number of fused-ring (bicyclic) bond motifs is 5. The van der Waals surface area contributed by atoms with Crippen LogP contribution in [0.15, 0.2) is 11.6 Å². The maximum Gasteiger partial charge on any atom is 0.0623 e. The monoisotopic (exact) mass is 374 g/mol. The van der Waals surface area contributed by atoms with Crippen molar-refractivity contribution in [2.75, 3.05) is 6.61 Å². The minimum absolute atomic E-state index is 0.340. The van der Waals surface area contributed by atoms with Crippen LogP contribution < -0.4 is 0 Å². The second-order valence-electron chi connectivity index (χ2n) is 11.5. The first-order valence-corrected chi connectivity index (χ1v) is 11.7. The molecule has 0 amide bonds. The van der Waals surface area contributed by atoms with Crippen LogP contribution in [0.5, 0.6) is 0 Å². The lowest BCUT2D eigenvalue weighted by molar-refractivity contribution is -0.0647. The van der Waals surface area contributed by atoms with Crippen molar-refractivity contribution < 1.29 is 10.2 Å². The molecule has 0 aromatic heterocycles. The van der Waals surface area contributed by atoms with Gasteiger partial charge < -0.3 is 10.2 Å².